The van der Waals surface area contributed by atoms with Crippen LogP contribution >= 0.6 is 11.6 Å². The van der Waals surface area contributed by atoms with E-state index < -0.39 is 0 Å². The van der Waals surface area contributed by atoms with Crippen LogP contribution in [-0.4, -0.2) is 14.8 Å². The highest BCUT2D eigenvalue weighted by Gasteiger charge is 2.24. The Hall–Kier alpha value is -0.570. The van der Waals surface area contributed by atoms with Gasteiger partial charge < -0.3 is 4.57 Å². The van der Waals surface area contributed by atoms with Gasteiger partial charge in [0, 0.05) is 12.0 Å². The largest absolute Gasteiger partial charge is 0.301 e. The third-order valence-electron chi connectivity index (χ3n) is 4.18. The van der Waals surface area contributed by atoms with Crippen molar-refractivity contribution in [3.05, 3.63) is 11.1 Å². The minimum absolute atomic E-state index is 0.00000346. The molecule has 1 saturated carbocycles. The van der Waals surface area contributed by atoms with Crippen molar-refractivity contribution in [1.29, 1.82) is 0 Å². The molecule has 1 aromatic heterocycles. The van der Waals surface area contributed by atoms with E-state index in [1.165, 1.54) is 32.1 Å². The molecule has 0 radical (unpaired) electrons. The topological polar surface area (TPSA) is 30.7 Å². The summed E-state index contributed by atoms with van der Waals surface area (Å²) in [6, 6.07) is 0. The molecule has 2 unspecified atom stereocenters. The predicted molar refractivity (Wildman–Crippen MR) is 79.5 cm³/mol. The van der Waals surface area contributed by atoms with Crippen molar-refractivity contribution in [2.24, 2.45) is 11.8 Å². The molecule has 1 aromatic rings. The number of hydrogen-bond donors (Lipinski definition) is 0. The van der Waals surface area contributed by atoms with Gasteiger partial charge in [-0.05, 0) is 36.3 Å². The van der Waals surface area contributed by atoms with Crippen molar-refractivity contribution in [3.8, 4) is 0 Å². The fourth-order valence-corrected chi connectivity index (χ4v) is 3.37. The number of nitrogens with zero attached hydrogens (tertiary/aromatic N) is 3. The van der Waals surface area contributed by atoms with E-state index in [4.69, 9.17) is 11.6 Å². The Balaban J connectivity index is 2.01. The summed E-state index contributed by atoms with van der Waals surface area (Å²) < 4.78 is 2.10. The number of aromatic nitrogens is 3. The van der Waals surface area contributed by atoms with Gasteiger partial charge in [-0.1, -0.05) is 47.0 Å². The fourth-order valence-electron chi connectivity index (χ4n) is 3.17. The second kappa shape index (κ2) is 5.82. The van der Waals surface area contributed by atoms with E-state index in [1.807, 2.05) is 0 Å². The predicted octanol–water partition coefficient (Wildman–Crippen LogP) is 4.45. The standard InChI is InChI=1S/C15H26ClN3/c1-11-6-5-7-12(10-11)8-9-19-13(15(2,3)4)17-18-14(19)16/h11-12H,5-10H2,1-4H3. The third-order valence-corrected chi connectivity index (χ3v) is 4.46. The first-order chi connectivity index (χ1) is 8.88. The lowest BCUT2D eigenvalue weighted by Gasteiger charge is -2.27. The minimum atomic E-state index is -0.00000346. The van der Waals surface area contributed by atoms with Gasteiger partial charge in [0.1, 0.15) is 5.82 Å². The molecule has 0 aliphatic heterocycles. The SMILES string of the molecule is CC1CCCC(CCn2c(Cl)nnc2C(C)(C)C)C1. The molecular weight excluding hydrogens is 258 g/mol. The van der Waals surface area contributed by atoms with E-state index in [9.17, 15) is 0 Å². The first kappa shape index (κ1) is 14.8. The Labute approximate surface area is 121 Å². The van der Waals surface area contributed by atoms with E-state index in [-0.39, 0.29) is 5.41 Å². The number of halogens is 1. The van der Waals surface area contributed by atoms with Crippen LogP contribution < -0.4 is 0 Å². The van der Waals surface area contributed by atoms with Gasteiger partial charge in [-0.3, -0.25) is 0 Å². The summed E-state index contributed by atoms with van der Waals surface area (Å²) in [6.07, 6.45) is 6.72. The van der Waals surface area contributed by atoms with Crippen LogP contribution in [-0.2, 0) is 12.0 Å². The smallest absolute Gasteiger partial charge is 0.225 e. The van der Waals surface area contributed by atoms with Gasteiger partial charge in [0.05, 0.1) is 0 Å². The molecule has 0 spiro atoms. The molecule has 0 aromatic carbocycles. The van der Waals surface area contributed by atoms with Crippen LogP contribution in [0.25, 0.3) is 0 Å². The lowest BCUT2D eigenvalue weighted by atomic mass is 9.81. The van der Waals surface area contributed by atoms with Crippen molar-refractivity contribution in [1.82, 2.24) is 14.8 Å². The first-order valence-electron chi connectivity index (χ1n) is 7.47. The van der Waals surface area contributed by atoms with Crippen molar-refractivity contribution in [2.45, 2.75) is 71.8 Å². The minimum Gasteiger partial charge on any atom is -0.301 e. The molecule has 0 N–H and O–H groups in total. The molecule has 0 saturated heterocycles. The summed E-state index contributed by atoms with van der Waals surface area (Å²) >= 11 is 6.19. The highest BCUT2D eigenvalue weighted by Crippen LogP contribution is 2.32. The number of rotatable bonds is 3. The Morgan fingerprint density at radius 3 is 2.63 bits per heavy atom. The van der Waals surface area contributed by atoms with E-state index in [0.29, 0.717) is 5.28 Å². The van der Waals surface area contributed by atoms with Gasteiger partial charge in [0.15, 0.2) is 0 Å². The van der Waals surface area contributed by atoms with Gasteiger partial charge >= 0.3 is 0 Å². The Morgan fingerprint density at radius 2 is 2.00 bits per heavy atom. The van der Waals surface area contributed by atoms with E-state index in [2.05, 4.69) is 42.5 Å². The second-order valence-electron chi connectivity index (χ2n) is 7.12. The molecule has 0 bridgehead atoms. The molecule has 2 atom stereocenters. The van der Waals surface area contributed by atoms with Gasteiger partial charge in [-0.2, -0.15) is 0 Å². The Kier molecular flexibility index (Phi) is 4.54. The molecule has 1 aliphatic carbocycles. The molecular formula is C15H26ClN3. The second-order valence-corrected chi connectivity index (χ2v) is 7.46. The normalized spacial score (nSPS) is 24.7. The highest BCUT2D eigenvalue weighted by molar-refractivity contribution is 6.28. The maximum absolute atomic E-state index is 6.19. The molecule has 2 rings (SSSR count). The zero-order chi connectivity index (χ0) is 14.0. The zero-order valence-electron chi connectivity index (χ0n) is 12.6. The molecule has 0 amide bonds. The highest BCUT2D eigenvalue weighted by atomic mass is 35.5. The summed E-state index contributed by atoms with van der Waals surface area (Å²) in [5, 5.41) is 8.82. The summed E-state index contributed by atoms with van der Waals surface area (Å²) in [4.78, 5) is 0. The maximum Gasteiger partial charge on any atom is 0.225 e. The monoisotopic (exact) mass is 283 g/mol. The fraction of sp³-hybridized carbons (Fsp3) is 0.867. The van der Waals surface area contributed by atoms with Crippen LogP contribution in [0.2, 0.25) is 5.28 Å². The van der Waals surface area contributed by atoms with Gasteiger partial charge in [-0.25, -0.2) is 0 Å². The summed E-state index contributed by atoms with van der Waals surface area (Å²) in [5.74, 6) is 2.73. The van der Waals surface area contributed by atoms with E-state index in [1.54, 1.807) is 0 Å². The average molecular weight is 284 g/mol. The van der Waals surface area contributed by atoms with Crippen molar-refractivity contribution < 1.29 is 0 Å². The molecule has 1 aliphatic rings. The Morgan fingerprint density at radius 1 is 1.26 bits per heavy atom. The Bertz CT molecular complexity index is 420. The molecule has 19 heavy (non-hydrogen) atoms. The first-order valence-corrected chi connectivity index (χ1v) is 7.85. The van der Waals surface area contributed by atoms with Crippen molar-refractivity contribution in [3.63, 3.8) is 0 Å². The van der Waals surface area contributed by atoms with Crippen molar-refractivity contribution in [2.75, 3.05) is 0 Å². The summed E-state index contributed by atoms with van der Waals surface area (Å²) in [5.41, 5.74) is -0.00000346. The molecule has 1 fully saturated rings. The van der Waals surface area contributed by atoms with Crippen LogP contribution in [0.1, 0.15) is 65.6 Å². The van der Waals surface area contributed by atoms with Crippen molar-refractivity contribution >= 4 is 11.6 Å². The zero-order valence-corrected chi connectivity index (χ0v) is 13.4. The van der Waals surface area contributed by atoms with Crippen LogP contribution in [0.4, 0.5) is 0 Å². The van der Waals surface area contributed by atoms with Gasteiger partial charge in [0.2, 0.25) is 5.28 Å². The number of hydrogen-bond acceptors (Lipinski definition) is 2. The molecule has 1 heterocycles. The van der Waals surface area contributed by atoms with Crippen LogP contribution in [0.3, 0.4) is 0 Å². The summed E-state index contributed by atoms with van der Waals surface area (Å²) in [7, 11) is 0. The summed E-state index contributed by atoms with van der Waals surface area (Å²) in [6.45, 7) is 9.81. The van der Waals surface area contributed by atoms with Crippen LogP contribution in [0.15, 0.2) is 0 Å². The van der Waals surface area contributed by atoms with Crippen LogP contribution in [0, 0.1) is 11.8 Å². The van der Waals surface area contributed by atoms with Gasteiger partial charge in [0.25, 0.3) is 0 Å². The maximum atomic E-state index is 6.19. The van der Waals surface area contributed by atoms with Crippen LogP contribution in [0.5, 0.6) is 0 Å². The third kappa shape index (κ3) is 3.71. The molecule has 4 heteroatoms. The molecule has 3 nitrogen and oxygen atoms in total. The lowest BCUT2D eigenvalue weighted by molar-refractivity contribution is 0.259. The van der Waals surface area contributed by atoms with Gasteiger partial charge in [-0.15, -0.1) is 10.2 Å². The quantitative estimate of drug-likeness (QED) is 0.821. The lowest BCUT2D eigenvalue weighted by Crippen LogP contribution is -2.21. The van der Waals surface area contributed by atoms with E-state index >= 15 is 0 Å². The molecule has 108 valence electrons. The average Bonchev–Trinajstić information content (AvgIpc) is 2.68. The van der Waals surface area contributed by atoms with E-state index in [0.717, 1.165) is 24.2 Å².